The molecule has 0 aliphatic rings. The van der Waals surface area contributed by atoms with Gasteiger partial charge in [-0.25, -0.2) is 16.8 Å². The normalized spacial score (nSPS) is 11.1. The smallest absolute Gasteiger partial charge is 0.217 e. The molecule has 0 unspecified atom stereocenters. The van der Waals surface area contributed by atoms with Crippen molar-refractivity contribution in [2.45, 2.75) is 0 Å². The summed E-state index contributed by atoms with van der Waals surface area (Å²) in [6.45, 7) is -1.77. The lowest BCUT2D eigenvalue weighted by Crippen LogP contribution is -2.12. The first kappa shape index (κ1) is 34.6. The second kappa shape index (κ2) is 15.8. The van der Waals surface area contributed by atoms with Crippen molar-refractivity contribution in [3.05, 3.63) is 96.1 Å². The number of benzene rings is 4. The van der Waals surface area contributed by atoms with Gasteiger partial charge in [0, 0.05) is 23.3 Å². The molecule has 244 valence electrons. The molecule has 4 rings (SSSR count). The quantitative estimate of drug-likeness (QED) is 0.0686. The Bertz CT molecular complexity index is 1830. The van der Waals surface area contributed by atoms with Crippen LogP contribution in [0.1, 0.15) is 11.1 Å². The molecule has 0 aliphatic heterocycles. The van der Waals surface area contributed by atoms with E-state index in [1.54, 1.807) is 60.7 Å². The van der Waals surface area contributed by atoms with Crippen LogP contribution in [0.2, 0.25) is 0 Å². The zero-order valence-corrected chi connectivity index (χ0v) is 25.8. The highest BCUT2D eigenvalue weighted by Gasteiger charge is 2.14. The van der Waals surface area contributed by atoms with Gasteiger partial charge in [0.2, 0.25) is 20.8 Å². The Hall–Kier alpha value is -5.26. The van der Waals surface area contributed by atoms with E-state index in [9.17, 15) is 25.9 Å². The fourth-order valence-corrected chi connectivity index (χ4v) is 4.25. The SMILES string of the molecule is C#Cc1ccc(Oc2ccc(Oc3ccc(Oc4ccc(C#C)cc4)c(OCCOS(=O)(=O)[O-])c3)cc2OCCOS(=O)(=O)[O-])cc1. The zero-order valence-electron chi connectivity index (χ0n) is 24.2. The fraction of sp³-hybridized carbons (Fsp3) is 0.125. The summed E-state index contributed by atoms with van der Waals surface area (Å²) in [5, 5.41) is 0. The van der Waals surface area contributed by atoms with Crippen molar-refractivity contribution >= 4 is 20.8 Å². The van der Waals surface area contributed by atoms with Crippen molar-refractivity contribution in [1.29, 1.82) is 0 Å². The molecule has 0 saturated heterocycles. The fourth-order valence-electron chi connectivity index (χ4n) is 3.70. The number of rotatable bonds is 16. The molecule has 0 fully saturated rings. The van der Waals surface area contributed by atoms with E-state index in [2.05, 4.69) is 20.2 Å². The first-order valence-electron chi connectivity index (χ1n) is 13.3. The first-order chi connectivity index (χ1) is 22.4. The second-order valence-electron chi connectivity index (χ2n) is 9.02. The Kier molecular flexibility index (Phi) is 11.7. The topological polar surface area (TPSA) is 179 Å². The van der Waals surface area contributed by atoms with Crippen LogP contribution >= 0.6 is 0 Å². The summed E-state index contributed by atoms with van der Waals surface area (Å²) in [4.78, 5) is 0. The predicted molar refractivity (Wildman–Crippen MR) is 164 cm³/mol. The van der Waals surface area contributed by atoms with E-state index < -0.39 is 34.0 Å². The van der Waals surface area contributed by atoms with Crippen LogP contribution < -0.4 is 23.7 Å². The van der Waals surface area contributed by atoms with Gasteiger partial charge >= 0.3 is 0 Å². The van der Waals surface area contributed by atoms with Crippen LogP contribution in [0.15, 0.2) is 84.9 Å². The Labute approximate surface area is 271 Å². The summed E-state index contributed by atoms with van der Waals surface area (Å²) >= 11 is 0. The maximum absolute atomic E-state index is 10.8. The Morgan fingerprint density at radius 2 is 0.851 bits per heavy atom. The molecule has 0 saturated carbocycles. The summed E-state index contributed by atoms with van der Waals surface area (Å²) in [6.07, 6.45) is 10.8. The maximum atomic E-state index is 10.8. The largest absolute Gasteiger partial charge is 0.726 e. The minimum atomic E-state index is -4.92. The van der Waals surface area contributed by atoms with Gasteiger partial charge in [-0.15, -0.1) is 12.8 Å². The van der Waals surface area contributed by atoms with E-state index in [1.807, 2.05) is 0 Å². The average molecular weight is 681 g/mol. The van der Waals surface area contributed by atoms with Crippen molar-refractivity contribution in [2.24, 2.45) is 0 Å². The van der Waals surface area contributed by atoms with Crippen molar-refractivity contribution < 1.29 is 58.0 Å². The molecule has 0 atom stereocenters. The lowest BCUT2D eigenvalue weighted by atomic mass is 10.2. The highest BCUT2D eigenvalue weighted by atomic mass is 32.3. The lowest BCUT2D eigenvalue weighted by molar-refractivity contribution is 0.195. The Morgan fingerprint density at radius 1 is 0.489 bits per heavy atom. The molecule has 0 N–H and O–H groups in total. The van der Waals surface area contributed by atoms with E-state index >= 15 is 0 Å². The lowest BCUT2D eigenvalue weighted by Gasteiger charge is -2.17. The molecule has 47 heavy (non-hydrogen) atoms. The van der Waals surface area contributed by atoms with Gasteiger partial charge in [0.05, 0.1) is 13.2 Å². The van der Waals surface area contributed by atoms with Gasteiger partial charge in [-0.1, -0.05) is 11.8 Å². The standard InChI is InChI=1S/C32H26O13S2/c1-3-23-5-9-25(10-6-23)44-29-15-13-27(21-31(29)39-17-19-41-46(33,34)35)43-28-14-16-30(45-26-11-7-24(4-2)8-12-26)32(22-28)40-18-20-42-47(36,37)38/h1-2,5-16,21-22H,17-20H2,(H,33,34,35)(H,36,37,38)/p-2. The summed E-state index contributed by atoms with van der Waals surface area (Å²) < 4.78 is 102. The summed E-state index contributed by atoms with van der Waals surface area (Å²) in [6, 6.07) is 22.3. The van der Waals surface area contributed by atoms with Gasteiger partial charge in [0.15, 0.2) is 23.0 Å². The number of ether oxygens (including phenoxy) is 5. The van der Waals surface area contributed by atoms with Gasteiger partial charge in [0.1, 0.15) is 36.2 Å². The third kappa shape index (κ3) is 11.6. The molecule has 0 aromatic heterocycles. The van der Waals surface area contributed by atoms with Gasteiger partial charge < -0.3 is 32.8 Å². The molecule has 4 aromatic rings. The summed E-state index contributed by atoms with van der Waals surface area (Å²) in [5.74, 6) is 6.95. The van der Waals surface area contributed by atoms with Gasteiger partial charge in [-0.05, 0) is 72.8 Å². The Morgan fingerprint density at radius 3 is 1.19 bits per heavy atom. The summed E-state index contributed by atoms with van der Waals surface area (Å²) in [7, 11) is -9.85. The van der Waals surface area contributed by atoms with Crippen molar-refractivity contribution in [2.75, 3.05) is 26.4 Å². The molecule has 0 amide bonds. The maximum Gasteiger partial charge on any atom is 0.217 e. The summed E-state index contributed by atoms with van der Waals surface area (Å²) in [5.41, 5.74) is 1.27. The van der Waals surface area contributed by atoms with Crippen LogP contribution in [0.25, 0.3) is 0 Å². The monoisotopic (exact) mass is 680 g/mol. The van der Waals surface area contributed by atoms with Crippen LogP contribution in [0.5, 0.6) is 46.0 Å². The minimum absolute atomic E-state index is 0.109. The number of terminal acetylenes is 2. The van der Waals surface area contributed by atoms with E-state index in [1.165, 1.54) is 24.3 Å². The molecule has 0 heterocycles. The van der Waals surface area contributed by atoms with Gasteiger partial charge in [-0.2, -0.15) is 0 Å². The van der Waals surface area contributed by atoms with Crippen LogP contribution in [-0.2, 0) is 29.2 Å². The van der Waals surface area contributed by atoms with Crippen LogP contribution in [0.4, 0.5) is 0 Å². The first-order valence-corrected chi connectivity index (χ1v) is 16.0. The number of hydrogen-bond acceptors (Lipinski definition) is 13. The third-order valence-electron chi connectivity index (χ3n) is 5.70. The van der Waals surface area contributed by atoms with E-state index in [4.69, 9.17) is 36.5 Å². The van der Waals surface area contributed by atoms with E-state index in [-0.39, 0.29) is 47.7 Å². The molecule has 4 aromatic carbocycles. The van der Waals surface area contributed by atoms with Crippen LogP contribution in [0, 0.1) is 24.7 Å². The van der Waals surface area contributed by atoms with Crippen molar-refractivity contribution in [3.63, 3.8) is 0 Å². The van der Waals surface area contributed by atoms with Gasteiger partial charge in [-0.3, -0.25) is 8.37 Å². The van der Waals surface area contributed by atoms with E-state index in [0.29, 0.717) is 22.6 Å². The minimum Gasteiger partial charge on any atom is -0.726 e. The van der Waals surface area contributed by atoms with Crippen LogP contribution in [-0.4, -0.2) is 52.4 Å². The predicted octanol–water partition coefficient (Wildman–Crippen LogP) is 4.74. The molecule has 0 aliphatic carbocycles. The highest BCUT2D eigenvalue weighted by Crippen LogP contribution is 2.39. The Balaban J connectivity index is 1.57. The molecule has 0 radical (unpaired) electrons. The third-order valence-corrected chi connectivity index (χ3v) is 6.61. The average Bonchev–Trinajstić information content (AvgIpc) is 3.03. The van der Waals surface area contributed by atoms with Crippen LogP contribution in [0.3, 0.4) is 0 Å². The molecular formula is C32H24O13S2-2. The zero-order chi connectivity index (χ0) is 33.9. The molecule has 15 heteroatoms. The molecule has 0 bridgehead atoms. The molecule has 13 nitrogen and oxygen atoms in total. The van der Waals surface area contributed by atoms with Gasteiger partial charge in [0.25, 0.3) is 0 Å². The second-order valence-corrected chi connectivity index (χ2v) is 11.1. The van der Waals surface area contributed by atoms with Crippen molar-refractivity contribution in [1.82, 2.24) is 0 Å². The van der Waals surface area contributed by atoms with Crippen molar-refractivity contribution in [3.8, 4) is 70.7 Å². The molecular weight excluding hydrogens is 656 g/mol. The highest BCUT2D eigenvalue weighted by molar-refractivity contribution is 7.81. The number of hydrogen-bond donors (Lipinski definition) is 0. The molecule has 0 spiro atoms. The van der Waals surface area contributed by atoms with E-state index in [0.717, 1.165) is 0 Å².